The first-order valence-corrected chi connectivity index (χ1v) is 4.87. The van der Waals surface area contributed by atoms with Gasteiger partial charge in [0.15, 0.2) is 0 Å². The van der Waals surface area contributed by atoms with Crippen LogP contribution in [0.2, 0.25) is 0 Å². The van der Waals surface area contributed by atoms with Crippen LogP contribution in [0.1, 0.15) is 25.7 Å². The fourth-order valence-corrected chi connectivity index (χ4v) is 1.84. The van der Waals surface area contributed by atoms with E-state index < -0.39 is 0 Å². The molecule has 0 bridgehead atoms. The molecule has 2 N–H and O–H groups in total. The molecule has 0 aromatic heterocycles. The zero-order valence-electron chi connectivity index (χ0n) is 7.79. The van der Waals surface area contributed by atoms with Gasteiger partial charge in [0.2, 0.25) is 0 Å². The standard InChI is InChI=1S/C12H15N/c13-9-12-6-5-11(8-12)7-10-3-1-2-4-10/h1,3,7-9H,2,4-6,13H2/b10-7-,12-9+. The predicted octanol–water partition coefficient (Wildman–Crippen LogP) is 2.83. The number of nitrogens with two attached hydrogens (primary N) is 1. The average molecular weight is 173 g/mol. The molecular weight excluding hydrogens is 158 g/mol. The molecule has 0 fully saturated rings. The highest BCUT2D eigenvalue weighted by atomic mass is 14.5. The quantitative estimate of drug-likeness (QED) is 0.648. The summed E-state index contributed by atoms with van der Waals surface area (Å²) >= 11 is 0. The second-order valence-corrected chi connectivity index (χ2v) is 3.62. The first-order chi connectivity index (χ1) is 6.38. The van der Waals surface area contributed by atoms with Crippen LogP contribution in [0.3, 0.4) is 0 Å². The number of hydrogen-bond acceptors (Lipinski definition) is 1. The van der Waals surface area contributed by atoms with Crippen LogP contribution >= 0.6 is 0 Å². The second kappa shape index (κ2) is 3.65. The van der Waals surface area contributed by atoms with Gasteiger partial charge in [-0.1, -0.05) is 24.3 Å². The van der Waals surface area contributed by atoms with Crippen molar-refractivity contribution in [3.8, 4) is 0 Å². The molecule has 0 unspecified atom stereocenters. The highest BCUT2D eigenvalue weighted by molar-refractivity contribution is 5.41. The van der Waals surface area contributed by atoms with Gasteiger partial charge in [0.1, 0.15) is 0 Å². The highest BCUT2D eigenvalue weighted by Gasteiger charge is 2.08. The van der Waals surface area contributed by atoms with E-state index in [1.807, 2.05) is 0 Å². The van der Waals surface area contributed by atoms with Crippen molar-refractivity contribution >= 4 is 0 Å². The summed E-state index contributed by atoms with van der Waals surface area (Å²) in [6.07, 6.45) is 15.4. The molecule has 0 aromatic rings. The Balaban J connectivity index is 2.11. The zero-order chi connectivity index (χ0) is 9.10. The van der Waals surface area contributed by atoms with E-state index in [1.54, 1.807) is 6.20 Å². The van der Waals surface area contributed by atoms with Crippen molar-refractivity contribution in [3.63, 3.8) is 0 Å². The molecule has 2 aliphatic carbocycles. The summed E-state index contributed by atoms with van der Waals surface area (Å²) in [5.41, 5.74) is 9.63. The minimum atomic E-state index is 1.11. The maximum atomic E-state index is 5.46. The maximum absolute atomic E-state index is 5.46. The molecule has 0 aliphatic heterocycles. The van der Waals surface area contributed by atoms with Crippen molar-refractivity contribution in [2.45, 2.75) is 25.7 Å². The smallest absolute Gasteiger partial charge is 0.00295 e. The molecule has 1 heteroatoms. The Morgan fingerprint density at radius 3 is 2.69 bits per heavy atom. The maximum Gasteiger partial charge on any atom is -0.00295 e. The summed E-state index contributed by atoms with van der Waals surface area (Å²) in [5, 5.41) is 0. The lowest BCUT2D eigenvalue weighted by Gasteiger charge is -1.94. The monoisotopic (exact) mass is 173 g/mol. The Hall–Kier alpha value is -1.24. The SMILES string of the molecule is N/C=C1C=C(/C=C2/C=CCC2)CC/1. The molecular formula is C12H15N. The third-order valence-corrected chi connectivity index (χ3v) is 2.59. The first kappa shape index (κ1) is 8.36. The Morgan fingerprint density at radius 2 is 2.08 bits per heavy atom. The summed E-state index contributed by atoms with van der Waals surface area (Å²) in [6, 6.07) is 0. The van der Waals surface area contributed by atoms with E-state index in [-0.39, 0.29) is 0 Å². The number of allylic oxidation sites excluding steroid dienone is 7. The van der Waals surface area contributed by atoms with Crippen LogP contribution < -0.4 is 5.73 Å². The molecule has 0 atom stereocenters. The summed E-state index contributed by atoms with van der Waals surface area (Å²) in [4.78, 5) is 0. The number of hydrogen-bond donors (Lipinski definition) is 1. The van der Waals surface area contributed by atoms with Crippen molar-refractivity contribution in [1.29, 1.82) is 0 Å². The van der Waals surface area contributed by atoms with Crippen molar-refractivity contribution < 1.29 is 0 Å². The lowest BCUT2D eigenvalue weighted by Crippen LogP contribution is -1.80. The van der Waals surface area contributed by atoms with E-state index in [2.05, 4.69) is 24.3 Å². The topological polar surface area (TPSA) is 26.0 Å². The van der Waals surface area contributed by atoms with Crippen LogP contribution in [0, 0.1) is 0 Å². The van der Waals surface area contributed by atoms with Crippen LogP contribution in [-0.2, 0) is 0 Å². The molecule has 68 valence electrons. The van der Waals surface area contributed by atoms with Crippen molar-refractivity contribution in [1.82, 2.24) is 0 Å². The van der Waals surface area contributed by atoms with Crippen LogP contribution in [0.4, 0.5) is 0 Å². The van der Waals surface area contributed by atoms with Crippen LogP contribution in [0.25, 0.3) is 0 Å². The van der Waals surface area contributed by atoms with Gasteiger partial charge >= 0.3 is 0 Å². The Morgan fingerprint density at radius 1 is 1.15 bits per heavy atom. The van der Waals surface area contributed by atoms with Gasteiger partial charge in [-0.3, -0.25) is 0 Å². The lowest BCUT2D eigenvalue weighted by atomic mass is 10.1. The molecule has 0 radical (unpaired) electrons. The molecule has 0 amide bonds. The molecule has 0 spiro atoms. The zero-order valence-corrected chi connectivity index (χ0v) is 7.79. The molecule has 0 saturated carbocycles. The predicted molar refractivity (Wildman–Crippen MR) is 56.0 cm³/mol. The molecule has 0 aromatic carbocycles. The highest BCUT2D eigenvalue weighted by Crippen LogP contribution is 2.26. The van der Waals surface area contributed by atoms with E-state index in [0.717, 1.165) is 12.8 Å². The first-order valence-electron chi connectivity index (χ1n) is 4.87. The van der Waals surface area contributed by atoms with Crippen molar-refractivity contribution in [3.05, 3.63) is 47.2 Å². The Kier molecular flexibility index (Phi) is 2.35. The minimum absolute atomic E-state index is 1.11. The van der Waals surface area contributed by atoms with Crippen LogP contribution in [0.15, 0.2) is 47.2 Å². The molecule has 13 heavy (non-hydrogen) atoms. The van der Waals surface area contributed by atoms with Gasteiger partial charge in [0.05, 0.1) is 0 Å². The largest absolute Gasteiger partial charge is 0.404 e. The van der Waals surface area contributed by atoms with Gasteiger partial charge in [0.25, 0.3) is 0 Å². The fourth-order valence-electron chi connectivity index (χ4n) is 1.84. The minimum Gasteiger partial charge on any atom is -0.404 e. The Labute approximate surface area is 79.3 Å². The third-order valence-electron chi connectivity index (χ3n) is 2.59. The normalized spacial score (nSPS) is 27.5. The van der Waals surface area contributed by atoms with Gasteiger partial charge in [-0.15, -0.1) is 0 Å². The van der Waals surface area contributed by atoms with E-state index in [0.29, 0.717) is 0 Å². The van der Waals surface area contributed by atoms with Gasteiger partial charge in [0, 0.05) is 0 Å². The molecule has 2 rings (SSSR count). The lowest BCUT2D eigenvalue weighted by molar-refractivity contribution is 1.01. The van der Waals surface area contributed by atoms with Crippen LogP contribution in [-0.4, -0.2) is 0 Å². The van der Waals surface area contributed by atoms with Crippen LogP contribution in [0.5, 0.6) is 0 Å². The average Bonchev–Trinajstić information content (AvgIpc) is 2.76. The molecule has 2 aliphatic rings. The van der Waals surface area contributed by atoms with Gasteiger partial charge in [-0.25, -0.2) is 0 Å². The van der Waals surface area contributed by atoms with E-state index in [4.69, 9.17) is 5.73 Å². The fraction of sp³-hybridized carbons (Fsp3) is 0.333. The van der Waals surface area contributed by atoms with Gasteiger partial charge in [-0.05, 0) is 48.6 Å². The summed E-state index contributed by atoms with van der Waals surface area (Å²) in [7, 11) is 0. The molecule has 0 saturated heterocycles. The molecule has 0 heterocycles. The van der Waals surface area contributed by atoms with E-state index in [9.17, 15) is 0 Å². The van der Waals surface area contributed by atoms with Crippen molar-refractivity contribution in [2.75, 3.05) is 0 Å². The third kappa shape index (κ3) is 1.92. The second-order valence-electron chi connectivity index (χ2n) is 3.62. The van der Waals surface area contributed by atoms with E-state index >= 15 is 0 Å². The summed E-state index contributed by atoms with van der Waals surface area (Å²) < 4.78 is 0. The summed E-state index contributed by atoms with van der Waals surface area (Å²) in [6.45, 7) is 0. The van der Waals surface area contributed by atoms with E-state index in [1.165, 1.54) is 29.6 Å². The van der Waals surface area contributed by atoms with Gasteiger partial charge in [-0.2, -0.15) is 0 Å². The Bertz CT molecular complexity index is 316. The summed E-state index contributed by atoms with van der Waals surface area (Å²) in [5.74, 6) is 0. The van der Waals surface area contributed by atoms with Crippen molar-refractivity contribution in [2.24, 2.45) is 5.73 Å². The van der Waals surface area contributed by atoms with Gasteiger partial charge < -0.3 is 5.73 Å². The number of rotatable bonds is 1. The molecule has 1 nitrogen and oxygen atoms in total.